The molecule has 5 nitrogen and oxygen atoms in total. The minimum atomic E-state index is -0.0664. The van der Waals surface area contributed by atoms with Crippen LogP contribution >= 0.6 is 0 Å². The molecule has 0 spiro atoms. The molecule has 0 saturated heterocycles. The van der Waals surface area contributed by atoms with E-state index in [1.807, 2.05) is 12.1 Å². The largest absolute Gasteiger partial charge is 0.513 e. The van der Waals surface area contributed by atoms with Gasteiger partial charge in [0.2, 0.25) is 0 Å². The van der Waals surface area contributed by atoms with E-state index >= 15 is 0 Å². The summed E-state index contributed by atoms with van der Waals surface area (Å²) in [4.78, 5) is 11.4. The second-order valence-corrected chi connectivity index (χ2v) is 9.60. The first kappa shape index (κ1) is 25.1. The summed E-state index contributed by atoms with van der Waals surface area (Å²) in [5, 5.41) is 22.5. The molecule has 1 aromatic carbocycles. The van der Waals surface area contributed by atoms with Gasteiger partial charge < -0.3 is 25.1 Å². The van der Waals surface area contributed by atoms with Gasteiger partial charge in [0, 0.05) is 30.3 Å². The molecular weight excluding hydrogens is 389 g/mol. The summed E-state index contributed by atoms with van der Waals surface area (Å²) in [5.41, 5.74) is 2.83. The van der Waals surface area contributed by atoms with Gasteiger partial charge in [-0.3, -0.25) is 0 Å². The Bertz CT molecular complexity index is 790. The third-order valence-electron chi connectivity index (χ3n) is 6.09. The molecule has 1 fully saturated rings. The number of nitrogens with one attached hydrogen (secondary N) is 1. The van der Waals surface area contributed by atoms with Crippen LogP contribution in [0, 0.1) is 11.3 Å². The summed E-state index contributed by atoms with van der Waals surface area (Å²) in [6, 6.07) is 6.03. The van der Waals surface area contributed by atoms with Gasteiger partial charge in [-0.1, -0.05) is 33.1 Å². The fraction of sp³-hybridized carbons (Fsp3) is 0.560. The summed E-state index contributed by atoms with van der Waals surface area (Å²) in [7, 11) is 1.61. The number of allylic oxidation sites excluding steroid dienone is 1. The van der Waals surface area contributed by atoms with Crippen LogP contribution in [0.4, 0.5) is 0 Å². The van der Waals surface area contributed by atoms with Crippen LogP contribution in [0.1, 0.15) is 63.5 Å². The molecule has 1 saturated carbocycles. The van der Waals surface area contributed by atoms with Gasteiger partial charge in [-0.15, -0.1) is 0 Å². The Balaban J connectivity index is 2.20. The van der Waals surface area contributed by atoms with Crippen LogP contribution in [-0.4, -0.2) is 43.0 Å². The molecular formula is C25H38BNO4. The van der Waals surface area contributed by atoms with E-state index in [9.17, 15) is 15.0 Å². The van der Waals surface area contributed by atoms with Crippen molar-refractivity contribution in [3.63, 3.8) is 0 Å². The maximum absolute atomic E-state index is 11.4. The zero-order chi connectivity index (χ0) is 23.0. The zero-order valence-corrected chi connectivity index (χ0v) is 19.4. The van der Waals surface area contributed by atoms with Crippen molar-refractivity contribution < 1.29 is 19.7 Å². The van der Waals surface area contributed by atoms with E-state index in [2.05, 4.69) is 38.4 Å². The van der Waals surface area contributed by atoms with Crippen molar-refractivity contribution in [3.05, 3.63) is 48.2 Å². The van der Waals surface area contributed by atoms with Crippen molar-refractivity contribution in [2.24, 2.45) is 11.3 Å². The number of rotatable bonds is 12. The fourth-order valence-corrected chi connectivity index (χ4v) is 3.96. The quantitative estimate of drug-likeness (QED) is 0.350. The van der Waals surface area contributed by atoms with Crippen LogP contribution in [0.15, 0.2) is 37.1 Å². The first-order valence-corrected chi connectivity index (χ1v) is 11.3. The summed E-state index contributed by atoms with van der Waals surface area (Å²) in [5.74, 6) is 1.08. The first-order chi connectivity index (χ1) is 14.6. The Morgan fingerprint density at radius 3 is 2.71 bits per heavy atom. The van der Waals surface area contributed by atoms with Gasteiger partial charge in [-0.25, -0.2) is 0 Å². The molecule has 2 atom stereocenters. The number of ether oxygens (including phenoxy) is 1. The maximum atomic E-state index is 11.4. The van der Waals surface area contributed by atoms with Crippen molar-refractivity contribution >= 4 is 19.2 Å². The molecule has 0 amide bonds. The van der Waals surface area contributed by atoms with Crippen LogP contribution < -0.4 is 10.1 Å². The number of aliphatic hydroxyl groups excluding tert-OH is 2. The zero-order valence-electron chi connectivity index (χ0n) is 19.4. The van der Waals surface area contributed by atoms with Crippen molar-refractivity contribution in [1.82, 2.24) is 5.32 Å². The maximum Gasteiger partial charge on any atom is 0.187 e. The van der Waals surface area contributed by atoms with E-state index in [0.29, 0.717) is 25.8 Å². The number of carbonyl (C=O) groups excluding carboxylic acids is 1. The van der Waals surface area contributed by atoms with E-state index in [1.165, 1.54) is 0 Å². The van der Waals surface area contributed by atoms with Gasteiger partial charge in [0.05, 0.1) is 17.5 Å². The van der Waals surface area contributed by atoms with E-state index in [-0.39, 0.29) is 35.5 Å². The number of benzene rings is 1. The lowest BCUT2D eigenvalue weighted by Crippen LogP contribution is -2.30. The van der Waals surface area contributed by atoms with Crippen LogP contribution in [0.5, 0.6) is 5.75 Å². The average molecular weight is 427 g/mol. The van der Waals surface area contributed by atoms with Gasteiger partial charge in [-0.2, -0.15) is 0 Å². The highest BCUT2D eigenvalue weighted by Crippen LogP contribution is 2.34. The molecule has 0 aromatic heterocycles. The molecule has 0 radical (unpaired) electrons. The average Bonchev–Trinajstić information content (AvgIpc) is 2.71. The molecule has 0 aliphatic heterocycles. The smallest absolute Gasteiger partial charge is 0.187 e. The monoisotopic (exact) mass is 427 g/mol. The molecule has 170 valence electrons. The van der Waals surface area contributed by atoms with Gasteiger partial charge in [0.25, 0.3) is 0 Å². The van der Waals surface area contributed by atoms with Crippen LogP contribution in [0.2, 0.25) is 0 Å². The lowest BCUT2D eigenvalue weighted by molar-refractivity contribution is -0.111. The normalized spacial score (nSPS) is 18.9. The van der Waals surface area contributed by atoms with Crippen LogP contribution in [0.3, 0.4) is 0 Å². The number of carbonyl (C=O) groups is 1. The van der Waals surface area contributed by atoms with E-state index in [1.54, 1.807) is 7.85 Å². The number of aryl methyl sites for hydroxylation is 1. The van der Waals surface area contributed by atoms with Gasteiger partial charge in [0.1, 0.15) is 5.75 Å². The topological polar surface area (TPSA) is 78.8 Å². The number of hydrogen-bond acceptors (Lipinski definition) is 5. The highest BCUT2D eigenvalue weighted by atomic mass is 16.5. The van der Waals surface area contributed by atoms with Crippen LogP contribution in [0.25, 0.3) is 5.70 Å². The minimum Gasteiger partial charge on any atom is -0.513 e. The summed E-state index contributed by atoms with van der Waals surface area (Å²) in [6.45, 7) is 13.0. The molecule has 0 bridgehead atoms. The van der Waals surface area contributed by atoms with E-state index in [0.717, 1.165) is 48.3 Å². The van der Waals surface area contributed by atoms with Gasteiger partial charge in [-0.05, 0) is 68.1 Å². The SMILES string of the molecule is BC(=O)CCc1ccc(O[C@H]2CCC[C@@H](C(=C)O)C2)c(C(=C)NCC(C)(C)CCO)c1. The Kier molecular flexibility index (Phi) is 9.23. The second-order valence-electron chi connectivity index (χ2n) is 9.60. The lowest BCUT2D eigenvalue weighted by atomic mass is 9.86. The molecule has 31 heavy (non-hydrogen) atoms. The highest BCUT2D eigenvalue weighted by molar-refractivity contribution is 6.57. The van der Waals surface area contributed by atoms with Gasteiger partial charge >= 0.3 is 0 Å². The van der Waals surface area contributed by atoms with E-state index in [4.69, 9.17) is 4.74 Å². The molecule has 2 rings (SSSR count). The number of aliphatic hydroxyl groups is 2. The van der Waals surface area contributed by atoms with Crippen LogP contribution in [-0.2, 0) is 11.2 Å². The molecule has 6 heteroatoms. The highest BCUT2D eigenvalue weighted by Gasteiger charge is 2.26. The third kappa shape index (κ3) is 8.10. The Hall–Kier alpha value is -2.21. The van der Waals surface area contributed by atoms with Crippen molar-refractivity contribution in [1.29, 1.82) is 0 Å². The predicted octanol–water partition coefficient (Wildman–Crippen LogP) is 3.76. The molecule has 1 aliphatic carbocycles. The Morgan fingerprint density at radius 1 is 1.32 bits per heavy atom. The Morgan fingerprint density at radius 2 is 2.06 bits per heavy atom. The lowest BCUT2D eigenvalue weighted by Gasteiger charge is -2.30. The molecule has 1 aliphatic rings. The Labute approximate surface area is 188 Å². The van der Waals surface area contributed by atoms with Crippen molar-refractivity contribution in [2.45, 2.75) is 64.9 Å². The second kappa shape index (κ2) is 11.4. The third-order valence-corrected chi connectivity index (χ3v) is 6.09. The van der Waals surface area contributed by atoms with Crippen molar-refractivity contribution in [3.8, 4) is 5.75 Å². The fourth-order valence-electron chi connectivity index (χ4n) is 3.96. The standard InChI is InChI=1S/C25H38BNO4/c1-17(27-16-25(3,4)12-13-28)22-14-19(9-11-24(26)30)8-10-23(22)31-21-7-5-6-20(15-21)18(2)29/h8,10,14,20-21,27-29H,1-2,5-7,9,11-13,15-16,26H2,3-4H3/t20-,21+/m1/s1. The minimum absolute atomic E-state index is 0.0168. The summed E-state index contributed by atoms with van der Waals surface area (Å²) in [6.07, 6.45) is 5.54. The summed E-state index contributed by atoms with van der Waals surface area (Å²) >= 11 is 0. The molecule has 1 aromatic rings. The summed E-state index contributed by atoms with van der Waals surface area (Å²) < 4.78 is 6.39. The van der Waals surface area contributed by atoms with Crippen molar-refractivity contribution in [2.75, 3.05) is 13.2 Å². The van der Waals surface area contributed by atoms with E-state index < -0.39 is 0 Å². The first-order valence-electron chi connectivity index (χ1n) is 11.3. The molecule has 0 heterocycles. The molecule has 3 N–H and O–H groups in total. The van der Waals surface area contributed by atoms with Gasteiger partial charge in [0.15, 0.2) is 7.85 Å². The predicted molar refractivity (Wildman–Crippen MR) is 129 cm³/mol. The molecule has 0 unspecified atom stereocenters. The number of hydrogen-bond donors (Lipinski definition) is 3.